The Labute approximate surface area is 239 Å². The molecule has 1 unspecified atom stereocenters. The van der Waals surface area contributed by atoms with Crippen LogP contribution >= 0.6 is 0 Å². The van der Waals surface area contributed by atoms with Crippen LogP contribution in [-0.4, -0.2) is 31.7 Å². The van der Waals surface area contributed by atoms with E-state index >= 15 is 0 Å². The number of aliphatic hydroxyl groups excluding tert-OH is 1. The van der Waals surface area contributed by atoms with Gasteiger partial charge in [-0.1, -0.05) is 67.4 Å². The summed E-state index contributed by atoms with van der Waals surface area (Å²) in [5.41, 5.74) is 5.70. The van der Waals surface area contributed by atoms with Crippen LogP contribution in [0.3, 0.4) is 0 Å². The number of aromatic amines is 1. The zero-order valence-corrected chi connectivity index (χ0v) is 23.6. The highest BCUT2D eigenvalue weighted by molar-refractivity contribution is 5.84. The van der Waals surface area contributed by atoms with Crippen LogP contribution in [0.1, 0.15) is 78.4 Å². The first-order chi connectivity index (χ1) is 20.0. The van der Waals surface area contributed by atoms with Crippen molar-refractivity contribution in [2.24, 2.45) is 13.0 Å². The molecule has 2 aliphatic rings. The van der Waals surface area contributed by atoms with Gasteiger partial charge in [0.15, 0.2) is 0 Å². The Morgan fingerprint density at radius 1 is 0.976 bits per heavy atom. The molecule has 0 bridgehead atoms. The number of nitrogens with zero attached hydrogens (tertiary/aromatic N) is 2. The average molecular weight is 555 g/mol. The zero-order chi connectivity index (χ0) is 28.5. The molecule has 41 heavy (non-hydrogen) atoms. The van der Waals surface area contributed by atoms with E-state index < -0.39 is 6.04 Å². The van der Waals surface area contributed by atoms with Crippen molar-refractivity contribution >= 4 is 16.9 Å². The second-order valence-electron chi connectivity index (χ2n) is 11.7. The van der Waals surface area contributed by atoms with Gasteiger partial charge in [0.05, 0.1) is 24.1 Å². The fourth-order valence-corrected chi connectivity index (χ4v) is 6.97. The van der Waals surface area contributed by atoms with E-state index in [0.29, 0.717) is 17.6 Å². The van der Waals surface area contributed by atoms with E-state index in [2.05, 4.69) is 27.0 Å². The molecule has 2 aliphatic carbocycles. The molecular weight excluding hydrogens is 516 g/mol. The standard InChI is InChI=1S/C33H38N4O4/c1-36-32(40)30-29(35-33(36)41)25-13-7-8-14-27(25)37(30)19-21-15-17-24(18-16-21)28(23-11-5-6-12-23)31(39)34-26(20-38)22-9-3-2-4-10-22/h2-4,9-10,15-18,23,26,28,38H,5-8,11-14,19-20H2,1H3,(H,34,39)(H,35,41)/t26-,28?/m0/s1. The van der Waals surface area contributed by atoms with Gasteiger partial charge in [0, 0.05) is 19.3 Å². The molecule has 6 rings (SSSR count). The number of nitrogens with one attached hydrogen (secondary N) is 2. The Hall–Kier alpha value is -3.91. The van der Waals surface area contributed by atoms with Crippen LogP contribution in [0.15, 0.2) is 64.2 Å². The summed E-state index contributed by atoms with van der Waals surface area (Å²) in [5, 5.41) is 13.2. The van der Waals surface area contributed by atoms with Crippen LogP contribution in [0.2, 0.25) is 0 Å². The van der Waals surface area contributed by atoms with E-state index in [1.165, 1.54) is 7.05 Å². The summed E-state index contributed by atoms with van der Waals surface area (Å²) in [6, 6.07) is 17.4. The molecule has 0 radical (unpaired) electrons. The summed E-state index contributed by atoms with van der Waals surface area (Å²) in [4.78, 5) is 42.3. The highest BCUT2D eigenvalue weighted by atomic mass is 16.3. The minimum atomic E-state index is -0.450. The molecule has 8 heteroatoms. The average Bonchev–Trinajstić information content (AvgIpc) is 3.63. The molecule has 1 saturated carbocycles. The minimum absolute atomic E-state index is 0.0505. The number of rotatable bonds is 8. The summed E-state index contributed by atoms with van der Waals surface area (Å²) in [5.74, 6) is -0.0800. The Bertz CT molecular complexity index is 1660. The van der Waals surface area contributed by atoms with Crippen molar-refractivity contribution in [3.63, 3.8) is 0 Å². The molecule has 1 fully saturated rings. The monoisotopic (exact) mass is 554 g/mol. The fourth-order valence-electron chi connectivity index (χ4n) is 6.97. The minimum Gasteiger partial charge on any atom is -0.394 e. The zero-order valence-electron chi connectivity index (χ0n) is 23.6. The summed E-state index contributed by atoms with van der Waals surface area (Å²) in [6.45, 7) is 0.361. The van der Waals surface area contributed by atoms with E-state index in [9.17, 15) is 19.5 Å². The highest BCUT2D eigenvalue weighted by Crippen LogP contribution is 2.38. The van der Waals surface area contributed by atoms with Crippen molar-refractivity contribution in [3.8, 4) is 0 Å². The topological polar surface area (TPSA) is 109 Å². The molecule has 2 heterocycles. The van der Waals surface area contributed by atoms with Crippen LogP contribution < -0.4 is 16.6 Å². The number of aryl methyl sites for hydroxylation is 1. The second kappa shape index (κ2) is 11.5. The van der Waals surface area contributed by atoms with E-state index in [1.807, 2.05) is 42.5 Å². The smallest absolute Gasteiger partial charge is 0.328 e. The number of fused-ring (bicyclic) bond motifs is 3. The van der Waals surface area contributed by atoms with Crippen LogP contribution in [0.5, 0.6) is 0 Å². The van der Waals surface area contributed by atoms with Gasteiger partial charge in [0.25, 0.3) is 5.56 Å². The molecule has 0 spiro atoms. The van der Waals surface area contributed by atoms with Gasteiger partial charge in [-0.2, -0.15) is 0 Å². The van der Waals surface area contributed by atoms with Crippen molar-refractivity contribution in [3.05, 3.63) is 103 Å². The van der Waals surface area contributed by atoms with Gasteiger partial charge in [0.2, 0.25) is 5.91 Å². The Morgan fingerprint density at radius 2 is 1.68 bits per heavy atom. The number of carbonyl (C=O) groups excluding carboxylic acids is 1. The molecule has 0 saturated heterocycles. The molecule has 0 aliphatic heterocycles. The SMILES string of the molecule is Cn1c(=O)[nH]c2c3c(n(Cc4ccc(C(C(=O)N[C@@H](CO)c5ccccc5)C5CCCC5)cc4)c2c1=O)CCCC3. The second-order valence-corrected chi connectivity index (χ2v) is 11.7. The number of aromatic nitrogens is 3. The largest absolute Gasteiger partial charge is 0.394 e. The number of aliphatic hydroxyl groups is 1. The van der Waals surface area contributed by atoms with Gasteiger partial charge >= 0.3 is 5.69 Å². The molecule has 2 aromatic heterocycles. The number of hydrogen-bond acceptors (Lipinski definition) is 4. The van der Waals surface area contributed by atoms with Crippen molar-refractivity contribution in [2.75, 3.05) is 6.61 Å². The lowest BCUT2D eigenvalue weighted by atomic mass is 9.83. The summed E-state index contributed by atoms with van der Waals surface area (Å²) < 4.78 is 3.23. The lowest BCUT2D eigenvalue weighted by Gasteiger charge is -2.26. The van der Waals surface area contributed by atoms with Gasteiger partial charge < -0.3 is 20.0 Å². The van der Waals surface area contributed by atoms with E-state index in [-0.39, 0.29) is 35.6 Å². The van der Waals surface area contributed by atoms with Crippen molar-refractivity contribution in [2.45, 2.75) is 69.9 Å². The number of hydrogen-bond donors (Lipinski definition) is 3. The van der Waals surface area contributed by atoms with Crippen LogP contribution in [-0.2, 0) is 31.2 Å². The van der Waals surface area contributed by atoms with Crippen LogP contribution in [0.4, 0.5) is 0 Å². The Balaban J connectivity index is 1.31. The van der Waals surface area contributed by atoms with Crippen molar-refractivity contribution < 1.29 is 9.90 Å². The molecule has 8 nitrogen and oxygen atoms in total. The molecule has 3 N–H and O–H groups in total. The maximum absolute atomic E-state index is 13.7. The van der Waals surface area contributed by atoms with Gasteiger partial charge in [-0.05, 0) is 66.7 Å². The molecule has 2 atom stereocenters. The molecular formula is C33H38N4O4. The molecule has 2 aromatic carbocycles. The first-order valence-electron chi connectivity index (χ1n) is 14.8. The number of H-pyrrole nitrogens is 1. The number of benzene rings is 2. The number of carbonyl (C=O) groups is 1. The first-order valence-corrected chi connectivity index (χ1v) is 14.8. The van der Waals surface area contributed by atoms with Gasteiger partial charge in [-0.3, -0.25) is 14.2 Å². The van der Waals surface area contributed by atoms with Gasteiger partial charge in [0.1, 0.15) is 5.52 Å². The van der Waals surface area contributed by atoms with Crippen LogP contribution in [0, 0.1) is 5.92 Å². The van der Waals surface area contributed by atoms with Gasteiger partial charge in [-0.15, -0.1) is 0 Å². The lowest BCUT2D eigenvalue weighted by molar-refractivity contribution is -0.124. The quantitative estimate of drug-likeness (QED) is 0.305. The third-order valence-corrected chi connectivity index (χ3v) is 9.15. The van der Waals surface area contributed by atoms with E-state index in [1.54, 1.807) is 0 Å². The fraction of sp³-hybridized carbons (Fsp3) is 0.424. The predicted octanol–water partition coefficient (Wildman–Crippen LogP) is 4.08. The molecule has 1 amide bonds. The maximum atomic E-state index is 13.7. The van der Waals surface area contributed by atoms with Crippen LogP contribution in [0.25, 0.3) is 11.0 Å². The van der Waals surface area contributed by atoms with Crippen molar-refractivity contribution in [1.82, 2.24) is 19.4 Å². The third kappa shape index (κ3) is 5.17. The van der Waals surface area contributed by atoms with E-state index in [0.717, 1.165) is 83.9 Å². The van der Waals surface area contributed by atoms with Crippen molar-refractivity contribution in [1.29, 1.82) is 0 Å². The first kappa shape index (κ1) is 27.3. The van der Waals surface area contributed by atoms with E-state index in [4.69, 9.17) is 0 Å². The molecule has 214 valence electrons. The van der Waals surface area contributed by atoms with Gasteiger partial charge in [-0.25, -0.2) is 4.79 Å². The summed E-state index contributed by atoms with van der Waals surface area (Å²) in [7, 11) is 1.51. The normalized spacial score (nSPS) is 16.9. The Kier molecular flexibility index (Phi) is 7.67. The number of amides is 1. The Morgan fingerprint density at radius 3 is 2.39 bits per heavy atom. The maximum Gasteiger partial charge on any atom is 0.328 e. The molecule has 4 aromatic rings. The summed E-state index contributed by atoms with van der Waals surface area (Å²) >= 11 is 0. The predicted molar refractivity (Wildman–Crippen MR) is 159 cm³/mol. The third-order valence-electron chi connectivity index (χ3n) is 9.15. The summed E-state index contributed by atoms with van der Waals surface area (Å²) in [6.07, 6.45) is 8.11. The highest BCUT2D eigenvalue weighted by Gasteiger charge is 2.33. The lowest BCUT2D eigenvalue weighted by Crippen LogP contribution is -2.37.